The van der Waals surface area contributed by atoms with Gasteiger partial charge in [0.15, 0.2) is 0 Å². The van der Waals surface area contributed by atoms with Crippen LogP contribution in [0.25, 0.3) is 21.5 Å². The molecule has 25 heavy (non-hydrogen) atoms. The van der Waals surface area contributed by atoms with Crippen molar-refractivity contribution in [3.05, 3.63) is 69.6 Å². The molecule has 0 radical (unpaired) electrons. The molecule has 2 N–H and O–H groups in total. The minimum atomic E-state index is 0.161. The summed E-state index contributed by atoms with van der Waals surface area (Å²) < 4.78 is 7.63. The van der Waals surface area contributed by atoms with Crippen molar-refractivity contribution in [2.24, 2.45) is 0 Å². The van der Waals surface area contributed by atoms with E-state index in [-0.39, 0.29) is 11.5 Å². The molecular weight excluding hydrogens is 448 g/mol. The molecule has 4 aromatic rings. The molecule has 0 aliphatic heterocycles. The second kappa shape index (κ2) is 6.24. The Bertz CT molecular complexity index is 1120. The maximum atomic E-state index is 10.3. The van der Waals surface area contributed by atoms with E-state index in [2.05, 4.69) is 31.9 Å². The van der Waals surface area contributed by atoms with Crippen molar-refractivity contribution in [3.63, 3.8) is 0 Å². The van der Waals surface area contributed by atoms with E-state index in [4.69, 9.17) is 4.74 Å². The summed E-state index contributed by atoms with van der Waals surface area (Å²) in [5.41, 5.74) is 0. The van der Waals surface area contributed by atoms with Crippen molar-refractivity contribution in [1.29, 1.82) is 0 Å². The highest BCUT2D eigenvalue weighted by Gasteiger charge is 2.12. The van der Waals surface area contributed by atoms with E-state index in [1.165, 1.54) is 0 Å². The van der Waals surface area contributed by atoms with E-state index in [0.717, 1.165) is 30.5 Å². The fraction of sp³-hybridized carbons (Fsp3) is 0. The van der Waals surface area contributed by atoms with Crippen molar-refractivity contribution in [2.75, 3.05) is 0 Å². The third-order valence-electron chi connectivity index (χ3n) is 4.06. The van der Waals surface area contributed by atoms with E-state index < -0.39 is 0 Å². The van der Waals surface area contributed by atoms with Crippen LogP contribution in [0.5, 0.6) is 23.0 Å². The molecule has 0 aliphatic rings. The molecule has 0 bridgehead atoms. The number of benzene rings is 4. The Morgan fingerprint density at radius 1 is 0.680 bits per heavy atom. The number of phenolic OH excluding ortho intramolecular Hbond substituents is 2. The van der Waals surface area contributed by atoms with E-state index in [9.17, 15) is 10.2 Å². The summed E-state index contributed by atoms with van der Waals surface area (Å²) in [5.74, 6) is 1.50. The summed E-state index contributed by atoms with van der Waals surface area (Å²) >= 11 is 7.06. The summed E-state index contributed by atoms with van der Waals surface area (Å²) in [7, 11) is 0. The van der Waals surface area contributed by atoms with Crippen LogP contribution in [-0.4, -0.2) is 10.2 Å². The van der Waals surface area contributed by atoms with Crippen molar-refractivity contribution in [3.8, 4) is 23.0 Å². The number of ether oxygens (including phenoxy) is 1. The maximum Gasteiger partial charge on any atom is 0.145 e. The second-order valence-electron chi connectivity index (χ2n) is 5.63. The average Bonchev–Trinajstić information content (AvgIpc) is 2.63. The molecule has 0 unspecified atom stereocenters. The minimum absolute atomic E-state index is 0.161. The molecule has 0 spiro atoms. The first-order valence-corrected chi connectivity index (χ1v) is 9.12. The Morgan fingerprint density at radius 3 is 2.20 bits per heavy atom. The van der Waals surface area contributed by atoms with Gasteiger partial charge in [0, 0.05) is 32.1 Å². The predicted octanol–water partition coefficient (Wildman–Crippen LogP) is 6.72. The molecule has 0 heterocycles. The summed E-state index contributed by atoms with van der Waals surface area (Å²) in [6.45, 7) is 0. The lowest BCUT2D eigenvalue weighted by Gasteiger charge is -2.13. The predicted molar refractivity (Wildman–Crippen MR) is 107 cm³/mol. The summed E-state index contributed by atoms with van der Waals surface area (Å²) in [6, 6.07) is 18.0. The van der Waals surface area contributed by atoms with Crippen molar-refractivity contribution >= 4 is 53.4 Å². The standard InChI is InChI=1S/C20H12Br2O3/c21-16-7-8-17(23)13-6-5-11(9-15(13)16)25-19-10-18(24)12-3-1-2-4-14(12)20(19)22/h1-10,23-24H. The van der Waals surface area contributed by atoms with Gasteiger partial charge < -0.3 is 14.9 Å². The monoisotopic (exact) mass is 458 g/mol. The quantitative estimate of drug-likeness (QED) is 0.349. The van der Waals surface area contributed by atoms with Crippen LogP contribution in [0.1, 0.15) is 0 Å². The number of phenols is 2. The van der Waals surface area contributed by atoms with Crippen LogP contribution in [0.15, 0.2) is 69.6 Å². The Morgan fingerprint density at radius 2 is 1.40 bits per heavy atom. The topological polar surface area (TPSA) is 49.7 Å². The molecule has 0 atom stereocenters. The van der Waals surface area contributed by atoms with Gasteiger partial charge in [0.2, 0.25) is 0 Å². The van der Waals surface area contributed by atoms with E-state index in [0.29, 0.717) is 11.5 Å². The molecule has 3 nitrogen and oxygen atoms in total. The molecule has 4 rings (SSSR count). The van der Waals surface area contributed by atoms with Gasteiger partial charge in [-0.05, 0) is 46.3 Å². The van der Waals surface area contributed by atoms with E-state index in [1.54, 1.807) is 30.3 Å². The maximum absolute atomic E-state index is 10.3. The van der Waals surface area contributed by atoms with Gasteiger partial charge in [-0.3, -0.25) is 0 Å². The van der Waals surface area contributed by atoms with E-state index >= 15 is 0 Å². The Hall–Kier alpha value is -2.24. The third kappa shape index (κ3) is 2.83. The van der Waals surface area contributed by atoms with Crippen LogP contribution < -0.4 is 4.74 Å². The van der Waals surface area contributed by atoms with Crippen molar-refractivity contribution in [1.82, 2.24) is 0 Å². The number of fused-ring (bicyclic) bond motifs is 2. The van der Waals surface area contributed by atoms with Crippen LogP contribution in [0, 0.1) is 0 Å². The number of aromatic hydroxyl groups is 2. The average molecular weight is 460 g/mol. The lowest BCUT2D eigenvalue weighted by Crippen LogP contribution is -1.88. The SMILES string of the molecule is Oc1ccc(Br)c2cc(Oc3cc(O)c4ccccc4c3Br)ccc12. The summed E-state index contributed by atoms with van der Waals surface area (Å²) in [6.07, 6.45) is 0. The third-order valence-corrected chi connectivity index (χ3v) is 5.57. The molecule has 0 amide bonds. The van der Waals surface area contributed by atoms with Crippen LogP contribution >= 0.6 is 31.9 Å². The smallest absolute Gasteiger partial charge is 0.145 e. The number of halogens is 2. The Balaban J connectivity index is 1.83. The second-order valence-corrected chi connectivity index (χ2v) is 7.28. The van der Waals surface area contributed by atoms with Gasteiger partial charge in [-0.1, -0.05) is 40.2 Å². The Labute approximate surface area is 160 Å². The molecule has 0 saturated heterocycles. The van der Waals surface area contributed by atoms with E-state index in [1.807, 2.05) is 30.3 Å². The molecule has 124 valence electrons. The highest BCUT2D eigenvalue weighted by atomic mass is 79.9. The van der Waals surface area contributed by atoms with Gasteiger partial charge in [-0.15, -0.1) is 0 Å². The Kier molecular flexibility index (Phi) is 4.06. The first kappa shape index (κ1) is 16.2. The first-order chi connectivity index (χ1) is 12.0. The van der Waals surface area contributed by atoms with Crippen LogP contribution in [-0.2, 0) is 0 Å². The minimum Gasteiger partial charge on any atom is -0.507 e. The molecule has 0 fully saturated rings. The first-order valence-electron chi connectivity index (χ1n) is 7.54. The molecule has 0 aliphatic carbocycles. The zero-order chi connectivity index (χ0) is 17.6. The zero-order valence-electron chi connectivity index (χ0n) is 12.8. The highest BCUT2D eigenvalue weighted by Crippen LogP contribution is 2.41. The normalized spacial score (nSPS) is 11.1. The summed E-state index contributed by atoms with van der Waals surface area (Å²) in [5, 5.41) is 23.5. The van der Waals surface area contributed by atoms with Gasteiger partial charge >= 0.3 is 0 Å². The fourth-order valence-electron chi connectivity index (χ4n) is 2.84. The van der Waals surface area contributed by atoms with Gasteiger partial charge in [0.05, 0.1) is 4.47 Å². The number of rotatable bonds is 2. The number of hydrogen-bond donors (Lipinski definition) is 2. The van der Waals surface area contributed by atoms with Crippen LogP contribution in [0.2, 0.25) is 0 Å². The fourth-order valence-corrected chi connectivity index (χ4v) is 3.84. The van der Waals surface area contributed by atoms with Gasteiger partial charge in [-0.25, -0.2) is 0 Å². The molecule has 0 aromatic heterocycles. The van der Waals surface area contributed by atoms with Gasteiger partial charge in [0.25, 0.3) is 0 Å². The van der Waals surface area contributed by atoms with Gasteiger partial charge in [0.1, 0.15) is 23.0 Å². The highest BCUT2D eigenvalue weighted by molar-refractivity contribution is 9.11. The lowest BCUT2D eigenvalue weighted by molar-refractivity contribution is 0.458. The number of hydrogen-bond acceptors (Lipinski definition) is 3. The van der Waals surface area contributed by atoms with Crippen molar-refractivity contribution in [2.45, 2.75) is 0 Å². The van der Waals surface area contributed by atoms with Crippen LogP contribution in [0.3, 0.4) is 0 Å². The van der Waals surface area contributed by atoms with Gasteiger partial charge in [-0.2, -0.15) is 0 Å². The largest absolute Gasteiger partial charge is 0.507 e. The molecule has 5 heteroatoms. The molecule has 0 saturated carbocycles. The summed E-state index contributed by atoms with van der Waals surface area (Å²) in [4.78, 5) is 0. The lowest BCUT2D eigenvalue weighted by atomic mass is 10.1. The zero-order valence-corrected chi connectivity index (χ0v) is 16.0. The molecule has 4 aromatic carbocycles. The molecular formula is C20H12Br2O3. The van der Waals surface area contributed by atoms with Crippen molar-refractivity contribution < 1.29 is 14.9 Å². The van der Waals surface area contributed by atoms with Crippen LogP contribution in [0.4, 0.5) is 0 Å².